The molecule has 0 bridgehead atoms. The van der Waals surface area contributed by atoms with Gasteiger partial charge in [0, 0.05) is 24.0 Å². The van der Waals surface area contributed by atoms with E-state index in [1.807, 2.05) is 18.3 Å². The van der Waals surface area contributed by atoms with Crippen LogP contribution in [0.3, 0.4) is 0 Å². The lowest BCUT2D eigenvalue weighted by Gasteiger charge is -1.98. The fourth-order valence-corrected chi connectivity index (χ4v) is 1.30. The fraction of sp³-hybridized carbons (Fsp3) is 0.167. The summed E-state index contributed by atoms with van der Waals surface area (Å²) >= 11 is 0. The number of H-pyrrole nitrogens is 1. The second-order valence-corrected chi connectivity index (χ2v) is 3.29. The Hall–Kier alpha value is -2.30. The highest BCUT2D eigenvalue weighted by Crippen LogP contribution is 2.14. The van der Waals surface area contributed by atoms with Crippen molar-refractivity contribution in [3.8, 4) is 0 Å². The molecule has 1 heterocycles. The first kappa shape index (κ1) is 12.8. The van der Waals surface area contributed by atoms with E-state index in [0.717, 1.165) is 17.8 Å². The first-order chi connectivity index (χ1) is 8.04. The van der Waals surface area contributed by atoms with Gasteiger partial charge in [0.2, 0.25) is 0 Å². The first-order valence-corrected chi connectivity index (χ1v) is 4.89. The number of esters is 1. The van der Waals surface area contributed by atoms with Crippen LogP contribution in [0.5, 0.6) is 0 Å². The average molecular weight is 235 g/mol. The minimum absolute atomic E-state index is 0.303. The third-order valence-electron chi connectivity index (χ3n) is 1.97. The van der Waals surface area contributed by atoms with Crippen LogP contribution >= 0.6 is 0 Å². The molecule has 5 heteroatoms. The number of aliphatic carboxylic acids is 1. The number of benzene rings is 1. The summed E-state index contributed by atoms with van der Waals surface area (Å²) in [7, 11) is 1.38. The molecule has 0 radical (unpaired) electrons. The smallest absolute Gasteiger partial charge is 0.337 e. The molecule has 0 fully saturated rings. The van der Waals surface area contributed by atoms with Gasteiger partial charge in [0.05, 0.1) is 12.7 Å². The number of aromatic nitrogens is 1. The lowest BCUT2D eigenvalue weighted by Crippen LogP contribution is -2.00. The number of carbonyl (C=O) groups is 2. The molecule has 0 amide bonds. The summed E-state index contributed by atoms with van der Waals surface area (Å²) in [4.78, 5) is 23.2. The zero-order valence-electron chi connectivity index (χ0n) is 9.56. The van der Waals surface area contributed by atoms with E-state index in [9.17, 15) is 4.79 Å². The van der Waals surface area contributed by atoms with Gasteiger partial charge >= 0.3 is 5.97 Å². The van der Waals surface area contributed by atoms with Crippen LogP contribution in [0.25, 0.3) is 10.9 Å². The molecule has 0 saturated heterocycles. The highest BCUT2D eigenvalue weighted by molar-refractivity contribution is 5.94. The van der Waals surface area contributed by atoms with Crippen LogP contribution in [-0.2, 0) is 9.53 Å². The van der Waals surface area contributed by atoms with E-state index in [1.165, 1.54) is 7.11 Å². The number of fused-ring (bicyclic) bond motifs is 1. The van der Waals surface area contributed by atoms with Gasteiger partial charge in [-0.05, 0) is 24.3 Å². The molecule has 5 nitrogen and oxygen atoms in total. The van der Waals surface area contributed by atoms with Crippen LogP contribution in [0.2, 0.25) is 0 Å². The van der Waals surface area contributed by atoms with Crippen LogP contribution in [0.15, 0.2) is 30.5 Å². The highest BCUT2D eigenvalue weighted by Gasteiger charge is 2.05. The Morgan fingerprint density at radius 3 is 2.53 bits per heavy atom. The van der Waals surface area contributed by atoms with E-state index in [0.29, 0.717) is 5.56 Å². The number of rotatable bonds is 1. The van der Waals surface area contributed by atoms with Crippen LogP contribution in [-0.4, -0.2) is 29.1 Å². The summed E-state index contributed by atoms with van der Waals surface area (Å²) in [5, 5.41) is 8.43. The van der Waals surface area contributed by atoms with Gasteiger partial charge in [0.25, 0.3) is 5.97 Å². The van der Waals surface area contributed by atoms with Crippen molar-refractivity contribution in [2.45, 2.75) is 6.92 Å². The largest absolute Gasteiger partial charge is 0.481 e. The second kappa shape index (κ2) is 5.69. The first-order valence-electron chi connectivity index (χ1n) is 4.89. The van der Waals surface area contributed by atoms with Crippen LogP contribution in [0.1, 0.15) is 17.3 Å². The monoisotopic (exact) mass is 235 g/mol. The third kappa shape index (κ3) is 3.64. The van der Waals surface area contributed by atoms with Gasteiger partial charge in [-0.15, -0.1) is 0 Å². The number of carboxylic acid groups (broad SMARTS) is 1. The average Bonchev–Trinajstić information content (AvgIpc) is 2.74. The Balaban J connectivity index is 0.000000317. The van der Waals surface area contributed by atoms with Crippen molar-refractivity contribution in [3.63, 3.8) is 0 Å². The van der Waals surface area contributed by atoms with E-state index >= 15 is 0 Å². The summed E-state index contributed by atoms with van der Waals surface area (Å²) < 4.78 is 4.61. The number of hydrogen-bond acceptors (Lipinski definition) is 3. The highest BCUT2D eigenvalue weighted by atomic mass is 16.5. The Labute approximate surface area is 98.0 Å². The van der Waals surface area contributed by atoms with Crippen LogP contribution < -0.4 is 0 Å². The number of carbonyl (C=O) groups excluding carboxylic acids is 1. The van der Waals surface area contributed by atoms with E-state index in [-0.39, 0.29) is 5.97 Å². The normalized spacial score (nSPS) is 9.29. The summed E-state index contributed by atoms with van der Waals surface area (Å²) in [6.07, 6.45) is 1.84. The Morgan fingerprint density at radius 1 is 1.29 bits per heavy atom. The number of hydrogen-bond donors (Lipinski definition) is 2. The lowest BCUT2D eigenvalue weighted by molar-refractivity contribution is -0.134. The summed E-state index contributed by atoms with van der Waals surface area (Å²) in [6.45, 7) is 1.08. The number of carboxylic acids is 1. The van der Waals surface area contributed by atoms with Gasteiger partial charge < -0.3 is 14.8 Å². The molecular formula is C12H13NO4. The molecule has 17 heavy (non-hydrogen) atoms. The van der Waals surface area contributed by atoms with E-state index in [2.05, 4.69) is 9.72 Å². The maximum atomic E-state index is 11.1. The number of nitrogens with one attached hydrogen (secondary N) is 1. The molecule has 2 aromatic rings. The molecule has 1 aromatic heterocycles. The van der Waals surface area contributed by atoms with Crippen LogP contribution in [0.4, 0.5) is 0 Å². The van der Waals surface area contributed by atoms with Crippen molar-refractivity contribution in [1.29, 1.82) is 0 Å². The standard InChI is InChI=1S/C10H9NO2.C2H4O2/c1-13-10(12)8-2-3-9-7(6-8)4-5-11-9;1-2(3)4/h2-6,11H,1H3;1H3,(H,3,4). The molecule has 0 spiro atoms. The van der Waals surface area contributed by atoms with E-state index < -0.39 is 5.97 Å². The zero-order valence-corrected chi connectivity index (χ0v) is 9.56. The predicted octanol–water partition coefficient (Wildman–Crippen LogP) is 2.05. The molecule has 0 atom stereocenters. The molecule has 0 unspecified atom stereocenters. The Bertz CT molecular complexity index is 526. The molecule has 0 aliphatic rings. The molecule has 0 saturated carbocycles. The van der Waals surface area contributed by atoms with Gasteiger partial charge in [0.15, 0.2) is 0 Å². The summed E-state index contributed by atoms with van der Waals surface area (Å²) in [6, 6.07) is 7.33. The molecule has 90 valence electrons. The van der Waals surface area contributed by atoms with Gasteiger partial charge in [-0.25, -0.2) is 4.79 Å². The maximum Gasteiger partial charge on any atom is 0.337 e. The van der Waals surface area contributed by atoms with Crippen molar-refractivity contribution in [2.75, 3.05) is 7.11 Å². The van der Waals surface area contributed by atoms with Crippen LogP contribution in [0, 0.1) is 0 Å². The van der Waals surface area contributed by atoms with Gasteiger partial charge in [-0.1, -0.05) is 0 Å². The van der Waals surface area contributed by atoms with Gasteiger partial charge in [0.1, 0.15) is 0 Å². The molecule has 2 N–H and O–H groups in total. The van der Waals surface area contributed by atoms with Crippen molar-refractivity contribution >= 4 is 22.8 Å². The second-order valence-electron chi connectivity index (χ2n) is 3.29. The molecular weight excluding hydrogens is 222 g/mol. The molecule has 0 aliphatic heterocycles. The topological polar surface area (TPSA) is 79.4 Å². The Kier molecular flexibility index (Phi) is 4.28. The minimum atomic E-state index is -0.833. The lowest BCUT2D eigenvalue weighted by atomic mass is 10.1. The molecule has 1 aromatic carbocycles. The van der Waals surface area contributed by atoms with Crippen molar-refractivity contribution in [1.82, 2.24) is 4.98 Å². The van der Waals surface area contributed by atoms with Gasteiger partial charge in [-0.2, -0.15) is 0 Å². The number of methoxy groups -OCH3 is 1. The fourth-order valence-electron chi connectivity index (χ4n) is 1.30. The number of aromatic amines is 1. The van der Waals surface area contributed by atoms with Crippen molar-refractivity contribution in [3.05, 3.63) is 36.0 Å². The Morgan fingerprint density at radius 2 is 1.94 bits per heavy atom. The minimum Gasteiger partial charge on any atom is -0.481 e. The van der Waals surface area contributed by atoms with Gasteiger partial charge in [-0.3, -0.25) is 4.79 Å². The van der Waals surface area contributed by atoms with Crippen molar-refractivity contribution in [2.24, 2.45) is 0 Å². The van der Waals surface area contributed by atoms with Crippen molar-refractivity contribution < 1.29 is 19.4 Å². The predicted molar refractivity (Wildman–Crippen MR) is 62.9 cm³/mol. The quantitative estimate of drug-likeness (QED) is 0.741. The van der Waals surface area contributed by atoms with E-state index in [4.69, 9.17) is 9.90 Å². The SMILES string of the molecule is CC(=O)O.COC(=O)c1ccc2[nH]ccc2c1. The molecule has 0 aliphatic carbocycles. The maximum absolute atomic E-state index is 11.1. The zero-order chi connectivity index (χ0) is 12.8. The molecule has 2 rings (SSSR count). The third-order valence-corrected chi connectivity index (χ3v) is 1.97. The summed E-state index contributed by atoms with van der Waals surface area (Å²) in [5.74, 6) is -1.14. The van der Waals surface area contributed by atoms with E-state index in [1.54, 1.807) is 12.1 Å². The number of ether oxygens (including phenoxy) is 1. The summed E-state index contributed by atoms with van der Waals surface area (Å²) in [5.41, 5.74) is 1.60.